The summed E-state index contributed by atoms with van der Waals surface area (Å²) in [5, 5.41) is 3.37. The van der Waals surface area contributed by atoms with Crippen LogP contribution in [0.1, 0.15) is 24.3 Å². The van der Waals surface area contributed by atoms with E-state index >= 15 is 0 Å². The number of carbonyl (C=O) groups is 1. The highest BCUT2D eigenvalue weighted by Crippen LogP contribution is 2.29. The lowest BCUT2D eigenvalue weighted by molar-refractivity contribution is -0.122. The molecule has 2 aromatic heterocycles. The van der Waals surface area contributed by atoms with E-state index in [1.807, 2.05) is 0 Å². The quantitative estimate of drug-likeness (QED) is 0.672. The van der Waals surface area contributed by atoms with Crippen molar-refractivity contribution in [2.24, 2.45) is 0 Å². The zero-order valence-electron chi connectivity index (χ0n) is 13.9. The molecule has 1 amide bonds. The first-order chi connectivity index (χ1) is 12.3. The molecular formula is C17H15BrFN3O4. The van der Waals surface area contributed by atoms with Gasteiger partial charge in [0, 0.05) is 17.1 Å². The highest BCUT2D eigenvalue weighted by molar-refractivity contribution is 9.10. The zero-order valence-corrected chi connectivity index (χ0v) is 15.5. The third-order valence-corrected chi connectivity index (χ3v) is 4.55. The van der Waals surface area contributed by atoms with Gasteiger partial charge in [-0.25, -0.2) is 9.18 Å². The summed E-state index contributed by atoms with van der Waals surface area (Å²) >= 11 is 3.01. The first-order valence-corrected chi connectivity index (χ1v) is 8.52. The second-order valence-electron chi connectivity index (χ2n) is 5.89. The van der Waals surface area contributed by atoms with Gasteiger partial charge in [-0.3, -0.25) is 19.1 Å². The number of fused-ring (bicyclic) bond motifs is 1. The minimum atomic E-state index is -0.684. The van der Waals surface area contributed by atoms with Crippen LogP contribution in [0.15, 0.2) is 42.9 Å². The summed E-state index contributed by atoms with van der Waals surface area (Å²) in [4.78, 5) is 37.4. The molecule has 0 saturated carbocycles. The molecule has 2 heterocycles. The van der Waals surface area contributed by atoms with Crippen molar-refractivity contribution in [2.45, 2.75) is 26.4 Å². The van der Waals surface area contributed by atoms with Gasteiger partial charge < -0.3 is 9.73 Å². The monoisotopic (exact) mass is 423 g/mol. The average Bonchev–Trinajstić information content (AvgIpc) is 2.89. The molecule has 0 radical (unpaired) electrons. The fourth-order valence-electron chi connectivity index (χ4n) is 2.73. The maximum Gasteiger partial charge on any atom is 0.328 e. The molecule has 9 heteroatoms. The van der Waals surface area contributed by atoms with E-state index in [9.17, 15) is 18.8 Å². The van der Waals surface area contributed by atoms with Gasteiger partial charge in [-0.05, 0) is 48.0 Å². The van der Waals surface area contributed by atoms with Crippen molar-refractivity contribution in [1.82, 2.24) is 14.9 Å². The van der Waals surface area contributed by atoms with Gasteiger partial charge in [-0.2, -0.15) is 0 Å². The topological polar surface area (TPSA) is 97.1 Å². The molecule has 0 spiro atoms. The maximum absolute atomic E-state index is 13.4. The van der Waals surface area contributed by atoms with Gasteiger partial charge in [0.1, 0.15) is 23.7 Å². The lowest BCUT2D eigenvalue weighted by Crippen LogP contribution is -2.36. The largest absolute Gasteiger partial charge is 0.459 e. The summed E-state index contributed by atoms with van der Waals surface area (Å²) in [6, 6.07) is 3.73. The Morgan fingerprint density at radius 1 is 1.42 bits per heavy atom. The highest BCUT2D eigenvalue weighted by atomic mass is 79.9. The second-order valence-corrected chi connectivity index (χ2v) is 6.74. The minimum Gasteiger partial charge on any atom is -0.459 e. The Morgan fingerprint density at radius 3 is 2.88 bits per heavy atom. The van der Waals surface area contributed by atoms with E-state index in [0.717, 1.165) is 10.1 Å². The van der Waals surface area contributed by atoms with E-state index in [1.54, 1.807) is 13.8 Å². The Kier molecular flexibility index (Phi) is 4.82. The molecule has 1 atom stereocenters. The summed E-state index contributed by atoms with van der Waals surface area (Å²) in [6.07, 6.45) is 1.25. The number of carbonyl (C=O) groups excluding carboxylic acids is 1. The molecule has 7 nitrogen and oxygen atoms in total. The highest BCUT2D eigenvalue weighted by Gasteiger charge is 2.19. The van der Waals surface area contributed by atoms with Crippen LogP contribution in [0.5, 0.6) is 0 Å². The van der Waals surface area contributed by atoms with E-state index in [4.69, 9.17) is 4.42 Å². The van der Waals surface area contributed by atoms with Crippen LogP contribution in [0.3, 0.4) is 0 Å². The molecule has 0 aliphatic rings. The van der Waals surface area contributed by atoms with Gasteiger partial charge in [0.15, 0.2) is 0 Å². The summed E-state index contributed by atoms with van der Waals surface area (Å²) < 4.78 is 20.3. The predicted molar refractivity (Wildman–Crippen MR) is 96.5 cm³/mol. The molecule has 0 bridgehead atoms. The molecule has 3 rings (SSSR count). The number of aromatic amines is 1. The summed E-state index contributed by atoms with van der Waals surface area (Å²) in [5.41, 5.74) is 0.0126. The Bertz CT molecular complexity index is 1120. The summed E-state index contributed by atoms with van der Waals surface area (Å²) in [5.74, 6) is -0.300. The standard InChI is InChI=1S/C17H15BrFN3O4/c1-8-11-5-10(19)3-4-13(11)26-15(8)9(2)20-14(23)7-22-6-12(18)16(24)21-17(22)25/h3-6,9H,7H2,1-2H3,(H,20,23)(H,21,24,25). The van der Waals surface area contributed by atoms with Crippen molar-refractivity contribution in [2.75, 3.05) is 0 Å². The molecule has 3 aromatic rings. The molecule has 1 aromatic carbocycles. The van der Waals surface area contributed by atoms with Gasteiger partial charge in [-0.15, -0.1) is 0 Å². The van der Waals surface area contributed by atoms with Crippen LogP contribution in [-0.2, 0) is 11.3 Å². The number of hydrogen-bond donors (Lipinski definition) is 2. The lowest BCUT2D eigenvalue weighted by Gasteiger charge is -2.13. The van der Waals surface area contributed by atoms with E-state index in [-0.39, 0.29) is 16.8 Å². The predicted octanol–water partition coefficient (Wildman–Crippen LogP) is 2.37. The van der Waals surface area contributed by atoms with Crippen LogP contribution < -0.4 is 16.6 Å². The van der Waals surface area contributed by atoms with Crippen LogP contribution in [0.2, 0.25) is 0 Å². The van der Waals surface area contributed by atoms with Crippen molar-refractivity contribution < 1.29 is 13.6 Å². The smallest absolute Gasteiger partial charge is 0.328 e. The summed E-state index contributed by atoms with van der Waals surface area (Å²) in [6.45, 7) is 3.24. The molecule has 0 aliphatic carbocycles. The number of hydrogen-bond acceptors (Lipinski definition) is 4. The van der Waals surface area contributed by atoms with E-state index in [1.165, 1.54) is 24.4 Å². The number of H-pyrrole nitrogens is 1. The van der Waals surface area contributed by atoms with E-state index < -0.39 is 23.2 Å². The zero-order chi connectivity index (χ0) is 19.0. The number of amides is 1. The molecule has 0 saturated heterocycles. The van der Waals surface area contributed by atoms with E-state index in [0.29, 0.717) is 16.7 Å². The number of rotatable bonds is 4. The van der Waals surface area contributed by atoms with Crippen molar-refractivity contribution in [3.63, 3.8) is 0 Å². The Hall–Kier alpha value is -2.68. The van der Waals surface area contributed by atoms with Crippen LogP contribution in [0.4, 0.5) is 4.39 Å². The third-order valence-electron chi connectivity index (χ3n) is 3.99. The number of benzene rings is 1. The average molecular weight is 424 g/mol. The Labute approximate surface area is 155 Å². The molecule has 0 aliphatic heterocycles. The Balaban J connectivity index is 1.80. The van der Waals surface area contributed by atoms with Gasteiger partial charge in [0.25, 0.3) is 5.56 Å². The molecule has 1 unspecified atom stereocenters. The molecule has 2 N–H and O–H groups in total. The molecule has 0 fully saturated rings. The van der Waals surface area contributed by atoms with Crippen molar-refractivity contribution in [3.05, 3.63) is 66.8 Å². The first-order valence-electron chi connectivity index (χ1n) is 7.73. The van der Waals surface area contributed by atoms with E-state index in [2.05, 4.69) is 26.2 Å². The lowest BCUT2D eigenvalue weighted by atomic mass is 10.1. The van der Waals surface area contributed by atoms with Crippen LogP contribution in [-0.4, -0.2) is 15.5 Å². The van der Waals surface area contributed by atoms with Crippen LogP contribution in [0.25, 0.3) is 11.0 Å². The van der Waals surface area contributed by atoms with Gasteiger partial charge in [0.05, 0.1) is 10.5 Å². The van der Waals surface area contributed by atoms with Crippen molar-refractivity contribution in [1.29, 1.82) is 0 Å². The normalized spacial score (nSPS) is 12.3. The third kappa shape index (κ3) is 3.48. The SMILES string of the molecule is Cc1c(C(C)NC(=O)Cn2cc(Br)c(=O)[nH]c2=O)oc2ccc(F)cc12. The number of aryl methyl sites for hydroxylation is 1. The number of nitrogens with zero attached hydrogens (tertiary/aromatic N) is 1. The van der Waals surface area contributed by atoms with Crippen molar-refractivity contribution in [3.8, 4) is 0 Å². The van der Waals surface area contributed by atoms with Crippen LogP contribution >= 0.6 is 15.9 Å². The fourth-order valence-corrected chi connectivity index (χ4v) is 3.08. The van der Waals surface area contributed by atoms with Crippen LogP contribution in [0, 0.1) is 12.7 Å². The number of aromatic nitrogens is 2. The number of furan rings is 1. The number of nitrogens with one attached hydrogen (secondary N) is 2. The molecule has 136 valence electrons. The maximum atomic E-state index is 13.4. The van der Waals surface area contributed by atoms with Crippen molar-refractivity contribution >= 4 is 32.8 Å². The number of halogens is 2. The summed E-state index contributed by atoms with van der Waals surface area (Å²) in [7, 11) is 0. The molecular weight excluding hydrogens is 409 g/mol. The van der Waals surface area contributed by atoms with Gasteiger partial charge in [0.2, 0.25) is 5.91 Å². The van der Waals surface area contributed by atoms with Gasteiger partial charge in [-0.1, -0.05) is 0 Å². The van der Waals surface area contributed by atoms with Gasteiger partial charge >= 0.3 is 5.69 Å². The first kappa shape index (κ1) is 18.1. The second kappa shape index (κ2) is 6.91. The minimum absolute atomic E-state index is 0.146. The Morgan fingerprint density at radius 2 is 2.15 bits per heavy atom. The fraction of sp³-hybridized carbons (Fsp3) is 0.235. The molecule has 26 heavy (non-hydrogen) atoms.